The molecule has 1 aliphatic rings. The molecule has 14 heavy (non-hydrogen) atoms. The fourth-order valence-electron chi connectivity index (χ4n) is 1.43. The molecule has 1 fully saturated rings. The zero-order valence-corrected chi connectivity index (χ0v) is 7.38. The highest BCUT2D eigenvalue weighted by Gasteiger charge is 2.40. The number of Topliss-reactive ketones (excluding diaryl/α,β-unsaturated/α-hetero) is 2. The summed E-state index contributed by atoms with van der Waals surface area (Å²) in [6.07, 6.45) is -2.43. The van der Waals surface area contributed by atoms with Crippen molar-refractivity contribution in [1.29, 1.82) is 0 Å². The van der Waals surface area contributed by atoms with E-state index < -0.39 is 24.0 Å². The SMILES string of the molecule is NC(CC1C(=O)CC(O)C1=O)OC=O. The lowest BCUT2D eigenvalue weighted by Crippen LogP contribution is -2.31. The average Bonchev–Trinajstić information content (AvgIpc) is 2.33. The Morgan fingerprint density at radius 3 is 2.71 bits per heavy atom. The molecule has 0 aromatic heterocycles. The minimum Gasteiger partial charge on any atom is -0.449 e. The summed E-state index contributed by atoms with van der Waals surface area (Å²) in [7, 11) is 0. The number of rotatable bonds is 4. The maximum Gasteiger partial charge on any atom is 0.294 e. The first kappa shape index (κ1) is 10.8. The maximum atomic E-state index is 11.2. The summed E-state index contributed by atoms with van der Waals surface area (Å²) in [5.41, 5.74) is 5.29. The van der Waals surface area contributed by atoms with Crippen molar-refractivity contribution in [2.24, 2.45) is 11.7 Å². The molecule has 0 aliphatic heterocycles. The number of hydrogen-bond donors (Lipinski definition) is 2. The molecule has 0 radical (unpaired) electrons. The Bertz CT molecular complexity index is 264. The summed E-state index contributed by atoms with van der Waals surface area (Å²) < 4.78 is 4.35. The summed E-state index contributed by atoms with van der Waals surface area (Å²) in [4.78, 5) is 32.2. The van der Waals surface area contributed by atoms with Crippen LogP contribution < -0.4 is 5.73 Å². The van der Waals surface area contributed by atoms with E-state index in [0.717, 1.165) is 0 Å². The summed E-state index contributed by atoms with van der Waals surface area (Å²) in [6.45, 7) is 0.158. The van der Waals surface area contributed by atoms with Crippen molar-refractivity contribution in [2.45, 2.75) is 25.2 Å². The van der Waals surface area contributed by atoms with E-state index in [1.165, 1.54) is 0 Å². The predicted octanol–water partition coefficient (Wildman–Crippen LogP) is -1.65. The molecule has 1 aliphatic carbocycles. The van der Waals surface area contributed by atoms with Gasteiger partial charge in [0.15, 0.2) is 12.0 Å². The normalized spacial score (nSPS) is 29.0. The van der Waals surface area contributed by atoms with Crippen LogP contribution in [0.5, 0.6) is 0 Å². The molecule has 0 aromatic rings. The van der Waals surface area contributed by atoms with Crippen LogP contribution in [0.25, 0.3) is 0 Å². The largest absolute Gasteiger partial charge is 0.449 e. The number of nitrogens with two attached hydrogens (primary N) is 1. The number of aliphatic hydroxyl groups is 1. The molecule has 0 heterocycles. The van der Waals surface area contributed by atoms with Gasteiger partial charge in [-0.3, -0.25) is 20.1 Å². The third-order valence-corrected chi connectivity index (χ3v) is 2.15. The highest BCUT2D eigenvalue weighted by Crippen LogP contribution is 2.22. The zero-order chi connectivity index (χ0) is 10.7. The van der Waals surface area contributed by atoms with Gasteiger partial charge in [-0.25, -0.2) is 0 Å². The molecule has 1 saturated carbocycles. The third-order valence-electron chi connectivity index (χ3n) is 2.15. The molecule has 3 N–H and O–H groups in total. The number of carbonyl (C=O) groups is 3. The molecule has 78 valence electrons. The number of ketones is 2. The molecule has 3 unspecified atom stereocenters. The molecule has 1 rings (SSSR count). The molecule has 6 heteroatoms. The van der Waals surface area contributed by atoms with Gasteiger partial charge in [-0.15, -0.1) is 0 Å². The number of aliphatic hydroxyl groups excluding tert-OH is 1. The van der Waals surface area contributed by atoms with Crippen LogP contribution in [-0.2, 0) is 19.1 Å². The summed E-state index contributed by atoms with van der Waals surface area (Å²) in [6, 6.07) is 0. The molecular formula is C8H11NO5. The van der Waals surface area contributed by atoms with Gasteiger partial charge >= 0.3 is 0 Å². The van der Waals surface area contributed by atoms with Crippen molar-refractivity contribution in [1.82, 2.24) is 0 Å². The highest BCUT2D eigenvalue weighted by atomic mass is 16.5. The molecule has 0 bridgehead atoms. The van der Waals surface area contributed by atoms with Crippen molar-refractivity contribution < 1.29 is 24.2 Å². The quantitative estimate of drug-likeness (QED) is 0.321. The fraction of sp³-hybridized carbons (Fsp3) is 0.625. The molecule has 0 saturated heterocycles. The Morgan fingerprint density at radius 2 is 2.29 bits per heavy atom. The van der Waals surface area contributed by atoms with Crippen LogP contribution in [-0.4, -0.2) is 35.5 Å². The zero-order valence-electron chi connectivity index (χ0n) is 7.38. The van der Waals surface area contributed by atoms with Gasteiger partial charge in [-0.05, 0) is 0 Å². The smallest absolute Gasteiger partial charge is 0.294 e. The van der Waals surface area contributed by atoms with Crippen LogP contribution in [0.1, 0.15) is 12.8 Å². The Labute approximate surface area is 80.0 Å². The first-order chi connectivity index (χ1) is 6.56. The average molecular weight is 201 g/mol. The monoisotopic (exact) mass is 201 g/mol. The van der Waals surface area contributed by atoms with Crippen LogP contribution in [0.2, 0.25) is 0 Å². The van der Waals surface area contributed by atoms with Gasteiger partial charge in [0, 0.05) is 12.8 Å². The fourth-order valence-corrected chi connectivity index (χ4v) is 1.43. The Kier molecular flexibility index (Phi) is 3.32. The van der Waals surface area contributed by atoms with Gasteiger partial charge in [0.1, 0.15) is 11.9 Å². The molecule has 6 nitrogen and oxygen atoms in total. The first-order valence-electron chi connectivity index (χ1n) is 4.15. The van der Waals surface area contributed by atoms with E-state index in [1.54, 1.807) is 0 Å². The van der Waals surface area contributed by atoms with E-state index in [-0.39, 0.29) is 25.1 Å². The molecule has 3 atom stereocenters. The van der Waals surface area contributed by atoms with Gasteiger partial charge in [-0.1, -0.05) is 0 Å². The second-order valence-corrected chi connectivity index (χ2v) is 3.15. The molecule has 0 spiro atoms. The van der Waals surface area contributed by atoms with E-state index in [9.17, 15) is 14.4 Å². The van der Waals surface area contributed by atoms with Crippen molar-refractivity contribution >= 4 is 18.0 Å². The third kappa shape index (κ3) is 2.15. The van der Waals surface area contributed by atoms with Crippen molar-refractivity contribution in [3.63, 3.8) is 0 Å². The second kappa shape index (κ2) is 4.30. The summed E-state index contributed by atoms with van der Waals surface area (Å²) in [5, 5.41) is 9.06. The van der Waals surface area contributed by atoms with Crippen LogP contribution in [0.4, 0.5) is 0 Å². The van der Waals surface area contributed by atoms with E-state index >= 15 is 0 Å². The van der Waals surface area contributed by atoms with Crippen LogP contribution >= 0.6 is 0 Å². The second-order valence-electron chi connectivity index (χ2n) is 3.15. The number of ether oxygens (including phenoxy) is 1. The van der Waals surface area contributed by atoms with Crippen molar-refractivity contribution in [3.05, 3.63) is 0 Å². The van der Waals surface area contributed by atoms with Gasteiger partial charge in [-0.2, -0.15) is 0 Å². The van der Waals surface area contributed by atoms with Gasteiger partial charge < -0.3 is 9.84 Å². The lowest BCUT2D eigenvalue weighted by Gasteiger charge is -2.12. The van der Waals surface area contributed by atoms with Crippen molar-refractivity contribution in [2.75, 3.05) is 0 Å². The van der Waals surface area contributed by atoms with E-state index in [2.05, 4.69) is 4.74 Å². The minimum atomic E-state index is -1.23. The molecule has 0 aromatic carbocycles. The van der Waals surface area contributed by atoms with E-state index in [4.69, 9.17) is 10.8 Å². The number of carbonyl (C=O) groups excluding carboxylic acids is 3. The van der Waals surface area contributed by atoms with E-state index in [1.807, 2.05) is 0 Å². The summed E-state index contributed by atoms with van der Waals surface area (Å²) >= 11 is 0. The van der Waals surface area contributed by atoms with Crippen molar-refractivity contribution in [3.8, 4) is 0 Å². The minimum absolute atomic E-state index is 0.0620. The van der Waals surface area contributed by atoms with Crippen LogP contribution in [0.15, 0.2) is 0 Å². The maximum absolute atomic E-state index is 11.2. The standard InChI is InChI=1S/C8H11NO5/c9-7(14-3-10)1-4-5(11)2-6(12)8(4)13/h3-4,6-7,12H,1-2,9H2. The summed E-state index contributed by atoms with van der Waals surface area (Å²) in [5.74, 6) is -1.83. The Hall–Kier alpha value is -1.27. The molecule has 0 amide bonds. The molecular weight excluding hydrogens is 190 g/mol. The Balaban J connectivity index is 2.55. The van der Waals surface area contributed by atoms with Gasteiger partial charge in [0.05, 0.1) is 5.92 Å². The topological polar surface area (TPSA) is 107 Å². The van der Waals surface area contributed by atoms with Crippen LogP contribution in [0, 0.1) is 5.92 Å². The number of hydrogen-bond acceptors (Lipinski definition) is 6. The van der Waals surface area contributed by atoms with Crippen LogP contribution in [0.3, 0.4) is 0 Å². The van der Waals surface area contributed by atoms with E-state index in [0.29, 0.717) is 0 Å². The first-order valence-corrected chi connectivity index (χ1v) is 4.15. The predicted molar refractivity (Wildman–Crippen MR) is 43.9 cm³/mol. The van der Waals surface area contributed by atoms with Gasteiger partial charge in [0.25, 0.3) is 6.47 Å². The Morgan fingerprint density at radius 1 is 1.64 bits per heavy atom. The highest BCUT2D eigenvalue weighted by molar-refractivity contribution is 6.11. The van der Waals surface area contributed by atoms with Gasteiger partial charge in [0.2, 0.25) is 0 Å². The lowest BCUT2D eigenvalue weighted by atomic mass is 10.0. The lowest BCUT2D eigenvalue weighted by molar-refractivity contribution is -0.138.